The number of thiophene rings is 1. The number of aromatic nitrogens is 2. The van der Waals surface area contributed by atoms with Crippen LogP contribution in [0.4, 0.5) is 5.00 Å². The smallest absolute Gasteiger partial charge is 0.341 e. The zero-order valence-electron chi connectivity index (χ0n) is 15.1. The third-order valence-corrected chi connectivity index (χ3v) is 5.78. The molecule has 8 heteroatoms. The molecule has 0 bridgehead atoms. The zero-order chi connectivity index (χ0) is 18.5. The number of esters is 1. The highest BCUT2D eigenvalue weighted by Gasteiger charge is 2.26. The van der Waals surface area contributed by atoms with Gasteiger partial charge in [-0.3, -0.25) is 4.68 Å². The topological polar surface area (TPSA) is 68.2 Å². The van der Waals surface area contributed by atoms with Crippen molar-refractivity contribution < 1.29 is 9.53 Å². The van der Waals surface area contributed by atoms with E-state index in [9.17, 15) is 4.79 Å². The van der Waals surface area contributed by atoms with Crippen molar-refractivity contribution in [1.82, 2.24) is 15.1 Å². The molecule has 0 fully saturated rings. The molecule has 0 aliphatic heterocycles. The summed E-state index contributed by atoms with van der Waals surface area (Å²) in [6.45, 7) is 5.62. The third kappa shape index (κ3) is 4.24. The summed E-state index contributed by atoms with van der Waals surface area (Å²) in [4.78, 5) is 13.7. The van der Waals surface area contributed by atoms with E-state index in [1.165, 1.54) is 4.88 Å². The van der Waals surface area contributed by atoms with Crippen LogP contribution in [0.2, 0.25) is 0 Å². The molecule has 3 rings (SSSR count). The highest BCUT2D eigenvalue weighted by molar-refractivity contribution is 7.80. The maximum atomic E-state index is 12.5. The Kier molecular flexibility index (Phi) is 6.26. The molecule has 0 unspecified atom stereocenters. The number of carbonyl (C=O) groups is 1. The molecular formula is C18H24N4O2S2. The van der Waals surface area contributed by atoms with E-state index in [2.05, 4.69) is 15.7 Å². The second-order valence-electron chi connectivity index (χ2n) is 6.11. The minimum Gasteiger partial charge on any atom is -0.462 e. The Morgan fingerprint density at radius 3 is 2.92 bits per heavy atom. The van der Waals surface area contributed by atoms with E-state index in [1.54, 1.807) is 11.3 Å². The van der Waals surface area contributed by atoms with Gasteiger partial charge in [-0.1, -0.05) is 0 Å². The fraction of sp³-hybridized carbons (Fsp3) is 0.500. The minimum absolute atomic E-state index is 0.265. The Morgan fingerprint density at radius 1 is 1.38 bits per heavy atom. The number of aryl methyl sites for hydroxylation is 2. The van der Waals surface area contributed by atoms with Crippen LogP contribution in [-0.2, 0) is 30.7 Å². The van der Waals surface area contributed by atoms with E-state index in [4.69, 9.17) is 17.0 Å². The molecule has 0 aromatic carbocycles. The zero-order valence-corrected chi connectivity index (χ0v) is 16.8. The lowest BCUT2D eigenvalue weighted by atomic mass is 9.95. The largest absolute Gasteiger partial charge is 0.462 e. The van der Waals surface area contributed by atoms with Crippen molar-refractivity contribution in [2.45, 2.75) is 52.6 Å². The van der Waals surface area contributed by atoms with Crippen LogP contribution >= 0.6 is 23.6 Å². The second-order valence-corrected chi connectivity index (χ2v) is 7.62. The quantitative estimate of drug-likeness (QED) is 0.579. The van der Waals surface area contributed by atoms with Gasteiger partial charge in [0.2, 0.25) is 0 Å². The molecule has 2 N–H and O–H groups in total. The first-order valence-corrected chi connectivity index (χ1v) is 10.2. The molecule has 2 aromatic heterocycles. The number of thiocarbonyl (C=S) groups is 1. The summed E-state index contributed by atoms with van der Waals surface area (Å²) in [6, 6.07) is 1.97. The molecular weight excluding hydrogens is 368 g/mol. The van der Waals surface area contributed by atoms with Crippen molar-refractivity contribution in [2.75, 3.05) is 11.9 Å². The predicted octanol–water partition coefficient (Wildman–Crippen LogP) is 3.51. The number of carbonyl (C=O) groups excluding carboxylic acids is 1. The number of ether oxygens (including phenoxy) is 1. The Balaban J connectivity index is 1.70. The summed E-state index contributed by atoms with van der Waals surface area (Å²) in [5.41, 5.74) is 2.71. The van der Waals surface area contributed by atoms with Crippen LogP contribution in [0.1, 0.15) is 53.2 Å². The summed E-state index contributed by atoms with van der Waals surface area (Å²) in [5, 5.41) is 12.1. The molecule has 0 spiro atoms. The van der Waals surface area contributed by atoms with Crippen LogP contribution in [0.3, 0.4) is 0 Å². The lowest BCUT2D eigenvalue weighted by Crippen LogP contribution is -2.28. The summed E-state index contributed by atoms with van der Waals surface area (Å²) in [5.74, 6) is -0.265. The Morgan fingerprint density at radius 2 is 2.19 bits per heavy atom. The van der Waals surface area contributed by atoms with Crippen LogP contribution < -0.4 is 10.6 Å². The first-order valence-electron chi connectivity index (χ1n) is 9.01. The van der Waals surface area contributed by atoms with Crippen molar-refractivity contribution >= 4 is 39.6 Å². The van der Waals surface area contributed by atoms with E-state index in [-0.39, 0.29) is 5.97 Å². The van der Waals surface area contributed by atoms with Gasteiger partial charge >= 0.3 is 5.97 Å². The summed E-state index contributed by atoms with van der Waals surface area (Å²) in [7, 11) is 0. The highest BCUT2D eigenvalue weighted by atomic mass is 32.1. The molecule has 0 radical (unpaired) electrons. The van der Waals surface area contributed by atoms with E-state index in [1.807, 2.05) is 30.8 Å². The van der Waals surface area contributed by atoms with Gasteiger partial charge < -0.3 is 15.4 Å². The SMILES string of the molecule is CCOC(=O)c1c(NC(=S)NCc2ccn(CC)n2)sc2c1CCCC2. The molecule has 26 heavy (non-hydrogen) atoms. The average molecular weight is 393 g/mol. The third-order valence-electron chi connectivity index (χ3n) is 4.33. The number of fused-ring (bicyclic) bond motifs is 1. The number of anilines is 1. The fourth-order valence-electron chi connectivity index (χ4n) is 3.07. The minimum atomic E-state index is -0.265. The van der Waals surface area contributed by atoms with Crippen LogP contribution in [0, 0.1) is 0 Å². The van der Waals surface area contributed by atoms with Crippen molar-refractivity contribution in [3.05, 3.63) is 34.0 Å². The fourth-order valence-corrected chi connectivity index (χ4v) is 4.59. The van der Waals surface area contributed by atoms with E-state index in [0.29, 0.717) is 23.8 Å². The molecule has 2 aromatic rings. The van der Waals surface area contributed by atoms with E-state index in [0.717, 1.165) is 48.5 Å². The number of hydrogen-bond donors (Lipinski definition) is 2. The number of nitrogens with zero attached hydrogens (tertiary/aromatic N) is 2. The van der Waals surface area contributed by atoms with Crippen molar-refractivity contribution in [2.24, 2.45) is 0 Å². The van der Waals surface area contributed by atoms with Crippen LogP contribution in [0.15, 0.2) is 12.3 Å². The first kappa shape index (κ1) is 18.8. The van der Waals surface area contributed by atoms with Crippen LogP contribution in [-0.4, -0.2) is 27.5 Å². The molecule has 1 aliphatic rings. The lowest BCUT2D eigenvalue weighted by molar-refractivity contribution is 0.0526. The maximum Gasteiger partial charge on any atom is 0.341 e. The van der Waals surface area contributed by atoms with Gasteiger partial charge in [0.1, 0.15) is 5.00 Å². The standard InChI is InChI=1S/C18H24N4O2S2/c1-3-22-10-9-12(21-22)11-19-18(25)20-16-15(17(23)24-4-2)13-7-5-6-8-14(13)26-16/h9-10H,3-8,11H2,1-2H3,(H2,19,20,25). The van der Waals surface area contributed by atoms with Crippen molar-refractivity contribution in [3.63, 3.8) is 0 Å². The van der Waals surface area contributed by atoms with Gasteiger partial charge in [-0.15, -0.1) is 11.3 Å². The molecule has 1 aliphatic carbocycles. The molecule has 140 valence electrons. The second kappa shape index (κ2) is 8.64. The summed E-state index contributed by atoms with van der Waals surface area (Å²) >= 11 is 7.03. The first-order chi connectivity index (χ1) is 12.6. The maximum absolute atomic E-state index is 12.5. The van der Waals surface area contributed by atoms with E-state index >= 15 is 0 Å². The van der Waals surface area contributed by atoms with Gasteiger partial charge in [0.05, 0.1) is 24.4 Å². The summed E-state index contributed by atoms with van der Waals surface area (Å²) < 4.78 is 7.14. The molecule has 2 heterocycles. The highest BCUT2D eigenvalue weighted by Crippen LogP contribution is 2.38. The van der Waals surface area contributed by atoms with Crippen molar-refractivity contribution in [1.29, 1.82) is 0 Å². The van der Waals surface area contributed by atoms with Gasteiger partial charge in [0, 0.05) is 17.6 Å². The average Bonchev–Trinajstić information content (AvgIpc) is 3.24. The van der Waals surface area contributed by atoms with Crippen LogP contribution in [0.25, 0.3) is 0 Å². The molecule has 0 saturated carbocycles. The molecule has 6 nitrogen and oxygen atoms in total. The summed E-state index contributed by atoms with van der Waals surface area (Å²) in [6.07, 6.45) is 6.16. The van der Waals surface area contributed by atoms with Gasteiger partial charge in [-0.2, -0.15) is 5.10 Å². The number of nitrogens with one attached hydrogen (secondary N) is 2. The van der Waals surface area contributed by atoms with Gasteiger partial charge in [-0.05, 0) is 63.4 Å². The van der Waals surface area contributed by atoms with Crippen molar-refractivity contribution in [3.8, 4) is 0 Å². The van der Waals surface area contributed by atoms with Gasteiger partial charge in [0.25, 0.3) is 0 Å². The lowest BCUT2D eigenvalue weighted by Gasteiger charge is -2.13. The Bertz CT molecular complexity index is 797. The van der Waals surface area contributed by atoms with E-state index < -0.39 is 0 Å². The van der Waals surface area contributed by atoms with Gasteiger partial charge in [0.15, 0.2) is 5.11 Å². The Hall–Kier alpha value is -1.93. The van der Waals surface area contributed by atoms with Crippen LogP contribution in [0.5, 0.6) is 0 Å². The Labute approximate surface area is 162 Å². The molecule has 0 atom stereocenters. The molecule has 0 saturated heterocycles. The predicted molar refractivity (Wildman–Crippen MR) is 108 cm³/mol. The number of rotatable bonds is 6. The number of hydrogen-bond acceptors (Lipinski definition) is 5. The normalized spacial score (nSPS) is 13.2. The van der Waals surface area contributed by atoms with Gasteiger partial charge in [-0.25, -0.2) is 4.79 Å². The monoisotopic (exact) mass is 392 g/mol. The molecule has 0 amide bonds.